The zero-order valence-corrected chi connectivity index (χ0v) is 20.4. The van der Waals surface area contributed by atoms with Crippen LogP contribution in [0.1, 0.15) is 33.3 Å². The smallest absolute Gasteiger partial charge is 0.242 e. The van der Waals surface area contributed by atoms with Crippen LogP contribution >= 0.6 is 46.6 Å². The van der Waals surface area contributed by atoms with Gasteiger partial charge in [-0.2, -0.15) is 0 Å². The molecule has 1 N–H and O–H groups in total. The van der Waals surface area contributed by atoms with Gasteiger partial charge < -0.3 is 10.2 Å². The Labute approximate surface area is 197 Å². The second-order valence-electron chi connectivity index (χ2n) is 7.88. The van der Waals surface area contributed by atoms with Crippen molar-refractivity contribution < 1.29 is 9.59 Å². The predicted molar refractivity (Wildman–Crippen MR) is 127 cm³/mol. The molecule has 2 aromatic carbocycles. The fourth-order valence-electron chi connectivity index (χ4n) is 2.67. The van der Waals surface area contributed by atoms with Crippen LogP contribution in [-0.4, -0.2) is 34.0 Å². The molecule has 1 unspecified atom stereocenters. The van der Waals surface area contributed by atoms with Crippen molar-refractivity contribution in [1.82, 2.24) is 10.2 Å². The number of nitrogens with zero attached hydrogens (tertiary/aromatic N) is 1. The van der Waals surface area contributed by atoms with Gasteiger partial charge in [-0.05, 0) is 64.1 Å². The monoisotopic (exact) mass is 486 g/mol. The number of hydrogen-bond acceptors (Lipinski definition) is 3. The van der Waals surface area contributed by atoms with Crippen molar-refractivity contribution in [3.05, 3.63) is 63.1 Å². The van der Waals surface area contributed by atoms with Gasteiger partial charge in [0.25, 0.3) is 0 Å². The van der Waals surface area contributed by atoms with Crippen LogP contribution in [0.4, 0.5) is 0 Å². The third-order valence-electron chi connectivity index (χ3n) is 4.23. The molecule has 1 atom stereocenters. The molecule has 0 aromatic heterocycles. The van der Waals surface area contributed by atoms with Gasteiger partial charge in [-0.25, -0.2) is 0 Å². The summed E-state index contributed by atoms with van der Waals surface area (Å²) in [5.74, 6) is -0.269. The summed E-state index contributed by atoms with van der Waals surface area (Å²) >= 11 is 19.9. The molecular weight excluding hydrogens is 463 g/mol. The first kappa shape index (κ1) is 24.9. The number of nitrogens with one attached hydrogen (secondary N) is 1. The molecule has 0 bridgehead atoms. The highest BCUT2D eigenvalue weighted by atomic mass is 35.5. The average Bonchev–Trinajstić information content (AvgIpc) is 2.65. The Hall–Kier alpha value is -1.40. The number of hydrogen-bond donors (Lipinski definition) is 1. The van der Waals surface area contributed by atoms with E-state index in [9.17, 15) is 9.59 Å². The highest BCUT2D eigenvalue weighted by Gasteiger charge is 2.29. The zero-order valence-electron chi connectivity index (χ0n) is 17.3. The molecule has 0 spiro atoms. The largest absolute Gasteiger partial charge is 0.350 e. The summed E-state index contributed by atoms with van der Waals surface area (Å²) < 4.78 is 0. The Bertz CT molecular complexity index is 878. The molecule has 2 amide bonds. The lowest BCUT2D eigenvalue weighted by molar-refractivity contribution is -0.139. The second-order valence-corrected chi connectivity index (χ2v) is 10.2. The molecule has 30 heavy (non-hydrogen) atoms. The number of halogens is 3. The van der Waals surface area contributed by atoms with Crippen molar-refractivity contribution in [2.24, 2.45) is 0 Å². The summed E-state index contributed by atoms with van der Waals surface area (Å²) in [6, 6.07) is 11.7. The van der Waals surface area contributed by atoms with Crippen LogP contribution in [0.25, 0.3) is 0 Å². The Kier molecular flexibility index (Phi) is 8.92. The predicted octanol–water partition coefficient (Wildman–Crippen LogP) is 6.07. The first-order valence-corrected chi connectivity index (χ1v) is 11.5. The minimum absolute atomic E-state index is 0.136. The lowest BCUT2D eigenvalue weighted by Gasteiger charge is -2.32. The molecule has 0 heterocycles. The van der Waals surface area contributed by atoms with Crippen LogP contribution in [-0.2, 0) is 16.1 Å². The average molecular weight is 488 g/mol. The van der Waals surface area contributed by atoms with Crippen molar-refractivity contribution >= 4 is 58.4 Å². The zero-order chi connectivity index (χ0) is 22.5. The summed E-state index contributed by atoms with van der Waals surface area (Å²) in [7, 11) is 0. The van der Waals surface area contributed by atoms with Gasteiger partial charge in [-0.15, -0.1) is 11.8 Å². The van der Waals surface area contributed by atoms with E-state index in [0.717, 1.165) is 4.90 Å². The summed E-state index contributed by atoms with van der Waals surface area (Å²) in [5, 5.41) is 4.47. The molecule has 162 valence electrons. The van der Waals surface area contributed by atoms with Gasteiger partial charge in [0, 0.05) is 37.6 Å². The van der Waals surface area contributed by atoms with E-state index in [2.05, 4.69) is 5.32 Å². The van der Waals surface area contributed by atoms with Crippen molar-refractivity contribution in [2.75, 3.05) is 5.75 Å². The van der Waals surface area contributed by atoms with E-state index in [1.165, 1.54) is 16.7 Å². The third-order valence-corrected chi connectivity index (χ3v) is 6.19. The fourth-order valence-corrected chi connectivity index (χ4v) is 4.10. The van der Waals surface area contributed by atoms with Crippen LogP contribution in [0.5, 0.6) is 0 Å². The van der Waals surface area contributed by atoms with E-state index in [0.29, 0.717) is 20.6 Å². The van der Waals surface area contributed by atoms with E-state index in [1.54, 1.807) is 37.3 Å². The Morgan fingerprint density at radius 2 is 1.60 bits per heavy atom. The Morgan fingerprint density at radius 1 is 1.03 bits per heavy atom. The van der Waals surface area contributed by atoms with Gasteiger partial charge in [-0.1, -0.05) is 40.9 Å². The summed E-state index contributed by atoms with van der Waals surface area (Å²) in [4.78, 5) is 28.3. The molecular formula is C22H25Cl3N2O2S. The maximum absolute atomic E-state index is 13.1. The standard InChI is InChI=1S/C22H25Cl3N2O2S/c1-14(21(29)26-22(2,3)4)27(12-17-18(24)6-5-7-19(17)25)20(28)13-30-16-10-8-15(23)9-11-16/h5-11,14H,12-13H2,1-4H3,(H,26,29). The van der Waals surface area contributed by atoms with Crippen LogP contribution in [0.2, 0.25) is 15.1 Å². The molecule has 2 rings (SSSR count). The van der Waals surface area contributed by atoms with Gasteiger partial charge >= 0.3 is 0 Å². The molecule has 8 heteroatoms. The number of benzene rings is 2. The molecule has 2 aromatic rings. The highest BCUT2D eigenvalue weighted by molar-refractivity contribution is 8.00. The molecule has 0 radical (unpaired) electrons. The first-order chi connectivity index (χ1) is 14.0. The Morgan fingerprint density at radius 3 is 2.13 bits per heavy atom. The maximum Gasteiger partial charge on any atom is 0.242 e. The van der Waals surface area contributed by atoms with Crippen molar-refractivity contribution in [3.63, 3.8) is 0 Å². The number of rotatable bonds is 7. The Balaban J connectivity index is 2.23. The van der Waals surface area contributed by atoms with E-state index >= 15 is 0 Å². The normalized spacial score (nSPS) is 12.4. The van der Waals surface area contributed by atoms with Crippen LogP contribution < -0.4 is 5.32 Å². The van der Waals surface area contributed by atoms with E-state index < -0.39 is 11.6 Å². The van der Waals surface area contributed by atoms with Gasteiger partial charge in [0.05, 0.1) is 5.75 Å². The lowest BCUT2D eigenvalue weighted by atomic mass is 10.1. The van der Waals surface area contributed by atoms with Crippen molar-refractivity contribution in [3.8, 4) is 0 Å². The van der Waals surface area contributed by atoms with Gasteiger partial charge in [0.2, 0.25) is 11.8 Å². The van der Waals surface area contributed by atoms with Gasteiger partial charge in [0.15, 0.2) is 0 Å². The van der Waals surface area contributed by atoms with Crippen molar-refractivity contribution in [2.45, 2.75) is 50.7 Å². The minimum Gasteiger partial charge on any atom is -0.350 e. The van der Waals surface area contributed by atoms with Crippen molar-refractivity contribution in [1.29, 1.82) is 0 Å². The molecule has 0 aliphatic carbocycles. The van der Waals surface area contributed by atoms with E-state index in [-0.39, 0.29) is 24.1 Å². The quantitative estimate of drug-likeness (QED) is 0.482. The number of thioether (sulfide) groups is 1. The summed E-state index contributed by atoms with van der Waals surface area (Å²) in [6.07, 6.45) is 0. The molecule has 0 saturated carbocycles. The lowest BCUT2D eigenvalue weighted by Crippen LogP contribution is -2.52. The minimum atomic E-state index is -0.699. The van der Waals surface area contributed by atoms with E-state index in [1.807, 2.05) is 32.9 Å². The molecule has 0 aliphatic rings. The summed E-state index contributed by atoms with van der Waals surface area (Å²) in [6.45, 7) is 7.52. The topological polar surface area (TPSA) is 49.4 Å². The molecule has 4 nitrogen and oxygen atoms in total. The first-order valence-electron chi connectivity index (χ1n) is 9.40. The number of amides is 2. The van der Waals surface area contributed by atoms with Crippen LogP contribution in [0, 0.1) is 0 Å². The SMILES string of the molecule is CC(C(=O)NC(C)(C)C)N(Cc1c(Cl)cccc1Cl)C(=O)CSc1ccc(Cl)cc1. The van der Waals surface area contributed by atoms with E-state index in [4.69, 9.17) is 34.8 Å². The maximum atomic E-state index is 13.1. The highest BCUT2D eigenvalue weighted by Crippen LogP contribution is 2.28. The third kappa shape index (κ3) is 7.38. The molecule has 0 fully saturated rings. The van der Waals surface area contributed by atoms with Gasteiger partial charge in [0.1, 0.15) is 6.04 Å². The van der Waals surface area contributed by atoms with Crippen LogP contribution in [0.3, 0.4) is 0 Å². The molecule has 0 aliphatic heterocycles. The molecule has 0 saturated heterocycles. The fraction of sp³-hybridized carbons (Fsp3) is 0.364. The number of carbonyl (C=O) groups excluding carboxylic acids is 2. The second kappa shape index (κ2) is 10.8. The van der Waals surface area contributed by atoms with Gasteiger partial charge in [-0.3, -0.25) is 9.59 Å². The number of carbonyl (C=O) groups is 2. The summed E-state index contributed by atoms with van der Waals surface area (Å²) in [5.41, 5.74) is 0.196. The van der Waals surface area contributed by atoms with Crippen LogP contribution in [0.15, 0.2) is 47.4 Å².